The summed E-state index contributed by atoms with van der Waals surface area (Å²) in [6, 6.07) is 0. The molecule has 0 N–H and O–H groups in total. The minimum absolute atomic E-state index is 1.33. The molecule has 0 fully saturated rings. The Hall–Kier alpha value is -0.195. The molecule has 0 saturated heterocycles. The molecular formula is C5H9B. The van der Waals surface area contributed by atoms with Crippen molar-refractivity contribution in [1.29, 1.82) is 0 Å². The van der Waals surface area contributed by atoms with Crippen LogP contribution in [0.5, 0.6) is 0 Å². The van der Waals surface area contributed by atoms with Gasteiger partial charge in [-0.05, 0) is 19.3 Å². The maximum atomic E-state index is 2.32. The molecule has 0 spiro atoms. The fraction of sp³-hybridized carbons (Fsp3) is 0.600. The summed E-state index contributed by atoms with van der Waals surface area (Å²) in [6.07, 6.45) is 6.39. The molecule has 0 radical (unpaired) electrons. The monoisotopic (exact) mass is 80.1 g/mol. The normalized spacial score (nSPS) is 21.0. The molecule has 0 heterocycles. The molecule has 0 aromatic carbocycles. The van der Waals surface area contributed by atoms with E-state index in [0.29, 0.717) is 0 Å². The molecule has 0 aromatic heterocycles. The highest BCUT2D eigenvalue weighted by atomic mass is 14.0. The third-order valence-corrected chi connectivity index (χ3v) is 1.27. The van der Waals surface area contributed by atoms with E-state index < -0.39 is 0 Å². The average molecular weight is 79.9 g/mol. The molecule has 0 saturated carbocycles. The molecular weight excluding hydrogens is 70.9 g/mol. The summed E-state index contributed by atoms with van der Waals surface area (Å²) in [7, 11) is 2.20. The van der Waals surface area contributed by atoms with E-state index in [9.17, 15) is 0 Å². The summed E-state index contributed by atoms with van der Waals surface area (Å²) in [5.74, 6) is 0. The smallest absolute Gasteiger partial charge is 0.114 e. The van der Waals surface area contributed by atoms with Gasteiger partial charge in [0.05, 0.1) is 0 Å². The van der Waals surface area contributed by atoms with Crippen molar-refractivity contribution in [3.8, 4) is 0 Å². The van der Waals surface area contributed by atoms with Crippen LogP contribution in [0.3, 0.4) is 0 Å². The lowest BCUT2D eigenvalue weighted by Crippen LogP contribution is -1.68. The quantitative estimate of drug-likeness (QED) is 0.375. The molecule has 1 aliphatic carbocycles. The van der Waals surface area contributed by atoms with Gasteiger partial charge in [0.15, 0.2) is 0 Å². The zero-order valence-electron chi connectivity index (χ0n) is 4.20. The lowest BCUT2D eigenvalue weighted by atomic mass is 9.96. The van der Waals surface area contributed by atoms with Crippen LogP contribution < -0.4 is 0 Å². The summed E-state index contributed by atoms with van der Waals surface area (Å²) in [4.78, 5) is 0. The van der Waals surface area contributed by atoms with E-state index in [-0.39, 0.29) is 0 Å². The van der Waals surface area contributed by atoms with Crippen LogP contribution in [-0.2, 0) is 0 Å². The van der Waals surface area contributed by atoms with Crippen molar-refractivity contribution in [2.24, 2.45) is 0 Å². The van der Waals surface area contributed by atoms with Crippen LogP contribution in [0.1, 0.15) is 19.3 Å². The van der Waals surface area contributed by atoms with Crippen LogP contribution in [0.2, 0.25) is 0 Å². The van der Waals surface area contributed by atoms with Crippen molar-refractivity contribution in [3.63, 3.8) is 0 Å². The van der Waals surface area contributed by atoms with Crippen molar-refractivity contribution in [1.82, 2.24) is 0 Å². The molecule has 0 aliphatic heterocycles. The van der Waals surface area contributed by atoms with Crippen molar-refractivity contribution < 1.29 is 0 Å². The Balaban J connectivity index is 2.45. The van der Waals surface area contributed by atoms with E-state index in [0.717, 1.165) is 0 Å². The Morgan fingerprint density at radius 3 is 2.67 bits per heavy atom. The van der Waals surface area contributed by atoms with E-state index in [1.807, 2.05) is 0 Å². The molecule has 0 unspecified atom stereocenters. The van der Waals surface area contributed by atoms with Gasteiger partial charge in [-0.2, -0.15) is 0 Å². The molecule has 0 amide bonds. The minimum Gasteiger partial charge on any atom is -0.114 e. The van der Waals surface area contributed by atoms with Crippen LogP contribution in [0.15, 0.2) is 11.5 Å². The van der Waals surface area contributed by atoms with Gasteiger partial charge in [-0.25, -0.2) is 0 Å². The highest BCUT2D eigenvalue weighted by Gasteiger charge is 1.94. The van der Waals surface area contributed by atoms with E-state index in [2.05, 4.69) is 13.9 Å². The summed E-state index contributed by atoms with van der Waals surface area (Å²) < 4.78 is 0. The second kappa shape index (κ2) is 1.50. The fourth-order valence-electron chi connectivity index (χ4n) is 0.831. The predicted molar refractivity (Wildman–Crippen MR) is 30.5 cm³/mol. The number of hydrogen-bond acceptors (Lipinski definition) is 0. The maximum absolute atomic E-state index is 2.32. The van der Waals surface area contributed by atoms with Gasteiger partial charge < -0.3 is 0 Å². The largest absolute Gasteiger partial charge is 0.133 e. The average Bonchev–Trinajstić information content (AvgIpc) is 1.86. The van der Waals surface area contributed by atoms with Gasteiger partial charge in [0.2, 0.25) is 0 Å². The summed E-state index contributed by atoms with van der Waals surface area (Å²) in [5.41, 5.74) is 1.58. The molecule has 6 heavy (non-hydrogen) atoms. The fourth-order valence-corrected chi connectivity index (χ4v) is 0.831. The van der Waals surface area contributed by atoms with E-state index in [1.54, 1.807) is 5.47 Å². The van der Waals surface area contributed by atoms with E-state index in [4.69, 9.17) is 0 Å². The standard InChI is InChI=1S/C5H9B/c6-5-3-1-2-4-5/h3H,1-2,4,6H2. The van der Waals surface area contributed by atoms with Gasteiger partial charge in [-0.3, -0.25) is 0 Å². The van der Waals surface area contributed by atoms with Gasteiger partial charge in [-0.1, -0.05) is 6.08 Å². The Bertz CT molecular complexity index is 74.0. The lowest BCUT2D eigenvalue weighted by Gasteiger charge is -1.79. The Morgan fingerprint density at radius 1 is 1.67 bits per heavy atom. The highest BCUT2D eigenvalue weighted by Crippen LogP contribution is 2.12. The summed E-state index contributed by atoms with van der Waals surface area (Å²) in [6.45, 7) is 0. The van der Waals surface area contributed by atoms with Crippen LogP contribution >= 0.6 is 0 Å². The third kappa shape index (κ3) is 0.646. The Labute approximate surface area is 39.7 Å². The summed E-state index contributed by atoms with van der Waals surface area (Å²) in [5, 5.41) is 0. The molecule has 0 atom stereocenters. The van der Waals surface area contributed by atoms with Crippen molar-refractivity contribution >= 4 is 7.85 Å². The molecule has 0 bridgehead atoms. The van der Waals surface area contributed by atoms with Crippen molar-refractivity contribution in [2.75, 3.05) is 0 Å². The zero-order chi connectivity index (χ0) is 4.41. The van der Waals surface area contributed by atoms with Crippen LogP contribution in [-0.4, -0.2) is 7.85 Å². The minimum atomic E-state index is 1.33. The van der Waals surface area contributed by atoms with Crippen LogP contribution in [0.25, 0.3) is 0 Å². The second-order valence-corrected chi connectivity index (χ2v) is 1.94. The molecule has 1 heteroatoms. The zero-order valence-corrected chi connectivity index (χ0v) is 4.20. The first-order valence-corrected chi connectivity index (χ1v) is 2.55. The van der Waals surface area contributed by atoms with Gasteiger partial charge in [0, 0.05) is 0 Å². The van der Waals surface area contributed by atoms with Gasteiger partial charge >= 0.3 is 0 Å². The molecule has 0 nitrogen and oxygen atoms in total. The maximum Gasteiger partial charge on any atom is 0.133 e. The van der Waals surface area contributed by atoms with E-state index in [1.165, 1.54) is 19.3 Å². The molecule has 1 aliphatic rings. The van der Waals surface area contributed by atoms with Gasteiger partial charge in [0.25, 0.3) is 0 Å². The van der Waals surface area contributed by atoms with Gasteiger partial charge in [-0.15, -0.1) is 5.47 Å². The van der Waals surface area contributed by atoms with Gasteiger partial charge in [0.1, 0.15) is 7.85 Å². The first kappa shape index (κ1) is 3.98. The second-order valence-electron chi connectivity index (χ2n) is 1.94. The SMILES string of the molecule is BC1=CCCC1. The topological polar surface area (TPSA) is 0 Å². The molecule has 0 aromatic rings. The number of rotatable bonds is 0. The highest BCUT2D eigenvalue weighted by molar-refractivity contribution is 6.21. The Kier molecular flexibility index (Phi) is 0.996. The van der Waals surface area contributed by atoms with Crippen molar-refractivity contribution in [2.45, 2.75) is 19.3 Å². The molecule has 32 valence electrons. The Morgan fingerprint density at radius 2 is 2.50 bits per heavy atom. The summed E-state index contributed by atoms with van der Waals surface area (Å²) >= 11 is 0. The van der Waals surface area contributed by atoms with Crippen molar-refractivity contribution in [3.05, 3.63) is 11.5 Å². The van der Waals surface area contributed by atoms with E-state index >= 15 is 0 Å². The first-order chi connectivity index (χ1) is 2.89. The molecule has 1 rings (SSSR count). The predicted octanol–water partition coefficient (Wildman–Crippen LogP) is 0.687. The number of allylic oxidation sites excluding steroid dienone is 2. The first-order valence-electron chi connectivity index (χ1n) is 2.55. The van der Waals surface area contributed by atoms with Crippen LogP contribution in [0, 0.1) is 0 Å². The van der Waals surface area contributed by atoms with Crippen LogP contribution in [0.4, 0.5) is 0 Å². The lowest BCUT2D eigenvalue weighted by molar-refractivity contribution is 0.924. The number of hydrogen-bond donors (Lipinski definition) is 0. The third-order valence-electron chi connectivity index (χ3n) is 1.27.